The Morgan fingerprint density at radius 3 is 2.53 bits per heavy atom. The third kappa shape index (κ3) is 3.99. The van der Waals surface area contributed by atoms with Crippen molar-refractivity contribution < 1.29 is 4.79 Å². The van der Waals surface area contributed by atoms with Crippen LogP contribution in [0.3, 0.4) is 0 Å². The van der Waals surface area contributed by atoms with E-state index >= 15 is 0 Å². The van der Waals surface area contributed by atoms with E-state index in [0.29, 0.717) is 5.78 Å². The molecule has 1 rings (SSSR count). The number of Topliss-reactive ketones (excluding diaryl/α,β-unsaturated/α-hetero) is 1. The van der Waals surface area contributed by atoms with Gasteiger partial charge in [0.25, 0.3) is 0 Å². The van der Waals surface area contributed by atoms with Crippen molar-refractivity contribution in [2.75, 3.05) is 0 Å². The molecule has 0 saturated carbocycles. The van der Waals surface area contributed by atoms with E-state index in [-0.39, 0.29) is 5.92 Å². The quantitative estimate of drug-likeness (QED) is 0.721. The fourth-order valence-corrected chi connectivity index (χ4v) is 2.25. The number of hydrogen-bond donors (Lipinski definition) is 0. The number of benzene rings is 1. The van der Waals surface area contributed by atoms with Gasteiger partial charge in [0, 0.05) is 5.92 Å². The van der Waals surface area contributed by atoms with Crippen molar-refractivity contribution in [3.8, 4) is 0 Å². The maximum Gasteiger partial charge on any atom is 0.133 e. The zero-order chi connectivity index (χ0) is 12.8. The second-order valence-electron chi connectivity index (χ2n) is 4.93. The summed E-state index contributed by atoms with van der Waals surface area (Å²) in [6, 6.07) is 6.64. The molecule has 0 heterocycles. The van der Waals surface area contributed by atoms with Crippen molar-refractivity contribution in [3.05, 3.63) is 34.9 Å². The minimum atomic E-state index is 0.187. The van der Waals surface area contributed by atoms with Crippen molar-refractivity contribution in [3.63, 3.8) is 0 Å². The van der Waals surface area contributed by atoms with Crippen LogP contribution in [-0.4, -0.2) is 5.78 Å². The third-order valence-corrected chi connectivity index (χ3v) is 3.48. The van der Waals surface area contributed by atoms with Crippen molar-refractivity contribution in [2.45, 2.75) is 53.4 Å². The highest BCUT2D eigenvalue weighted by Crippen LogP contribution is 2.18. The topological polar surface area (TPSA) is 17.1 Å². The Bertz CT molecular complexity index is 379. The van der Waals surface area contributed by atoms with Gasteiger partial charge in [0.05, 0.1) is 0 Å². The normalized spacial score (nSPS) is 12.5. The fourth-order valence-electron chi connectivity index (χ4n) is 2.25. The van der Waals surface area contributed by atoms with E-state index in [9.17, 15) is 4.79 Å². The average molecular weight is 232 g/mol. The first-order valence-corrected chi connectivity index (χ1v) is 6.67. The highest BCUT2D eigenvalue weighted by Gasteiger charge is 2.12. The molecule has 1 aromatic carbocycles. The molecule has 0 N–H and O–H groups in total. The van der Waals surface area contributed by atoms with E-state index in [0.717, 1.165) is 19.3 Å². The molecule has 17 heavy (non-hydrogen) atoms. The standard InChI is InChI=1S/C16H24O/c1-5-7-16-11-14(9-8-12(16)3)10-15(6-2)13(4)17/h8-9,11,15H,5-7,10H2,1-4H3. The van der Waals surface area contributed by atoms with Crippen LogP contribution in [0.1, 0.15) is 50.3 Å². The van der Waals surface area contributed by atoms with Crippen LogP contribution in [0, 0.1) is 12.8 Å². The molecular formula is C16H24O. The lowest BCUT2D eigenvalue weighted by atomic mass is 9.91. The van der Waals surface area contributed by atoms with Gasteiger partial charge in [-0.05, 0) is 49.8 Å². The second kappa shape index (κ2) is 6.58. The lowest BCUT2D eigenvalue weighted by Crippen LogP contribution is -2.13. The molecule has 0 radical (unpaired) electrons. The minimum absolute atomic E-state index is 0.187. The van der Waals surface area contributed by atoms with Crippen LogP contribution in [0.15, 0.2) is 18.2 Å². The smallest absolute Gasteiger partial charge is 0.133 e. The van der Waals surface area contributed by atoms with Gasteiger partial charge >= 0.3 is 0 Å². The molecule has 0 saturated heterocycles. The number of hydrogen-bond acceptors (Lipinski definition) is 1. The molecule has 0 amide bonds. The minimum Gasteiger partial charge on any atom is -0.300 e. The summed E-state index contributed by atoms with van der Waals surface area (Å²) in [4.78, 5) is 11.5. The van der Waals surface area contributed by atoms with E-state index in [1.165, 1.54) is 23.1 Å². The van der Waals surface area contributed by atoms with Crippen molar-refractivity contribution >= 4 is 5.78 Å². The maximum atomic E-state index is 11.5. The summed E-state index contributed by atoms with van der Waals surface area (Å²) < 4.78 is 0. The molecule has 94 valence electrons. The average Bonchev–Trinajstić information content (AvgIpc) is 2.30. The Morgan fingerprint density at radius 2 is 2.00 bits per heavy atom. The Labute approximate surface area is 105 Å². The number of aryl methyl sites for hydroxylation is 2. The SMILES string of the molecule is CCCc1cc(CC(CC)C(C)=O)ccc1C. The second-order valence-corrected chi connectivity index (χ2v) is 4.93. The summed E-state index contributed by atoms with van der Waals surface area (Å²) in [5, 5.41) is 0. The van der Waals surface area contributed by atoms with E-state index in [1.54, 1.807) is 6.92 Å². The van der Waals surface area contributed by atoms with E-state index < -0.39 is 0 Å². The maximum absolute atomic E-state index is 11.5. The Kier molecular flexibility index (Phi) is 5.40. The van der Waals surface area contributed by atoms with E-state index in [1.807, 2.05) is 0 Å². The van der Waals surface area contributed by atoms with Crippen molar-refractivity contribution in [1.29, 1.82) is 0 Å². The molecule has 0 aliphatic heterocycles. The van der Waals surface area contributed by atoms with Gasteiger partial charge in [-0.15, -0.1) is 0 Å². The van der Waals surface area contributed by atoms with Crippen LogP contribution in [0.4, 0.5) is 0 Å². The van der Waals surface area contributed by atoms with Gasteiger partial charge in [-0.3, -0.25) is 4.79 Å². The molecule has 1 heteroatoms. The van der Waals surface area contributed by atoms with Gasteiger partial charge in [0.15, 0.2) is 0 Å². The van der Waals surface area contributed by atoms with Crippen LogP contribution < -0.4 is 0 Å². The largest absolute Gasteiger partial charge is 0.300 e. The molecule has 0 aliphatic carbocycles. The number of ketones is 1. The van der Waals surface area contributed by atoms with Gasteiger partial charge in [-0.1, -0.05) is 38.5 Å². The molecule has 1 nitrogen and oxygen atoms in total. The number of carbonyl (C=O) groups is 1. The highest BCUT2D eigenvalue weighted by molar-refractivity contribution is 5.78. The molecule has 0 bridgehead atoms. The summed E-state index contributed by atoms with van der Waals surface area (Å²) in [5.41, 5.74) is 4.11. The van der Waals surface area contributed by atoms with Crippen LogP contribution in [0.5, 0.6) is 0 Å². The molecular weight excluding hydrogens is 208 g/mol. The van der Waals surface area contributed by atoms with Crippen molar-refractivity contribution in [1.82, 2.24) is 0 Å². The van der Waals surface area contributed by atoms with Crippen LogP contribution >= 0.6 is 0 Å². The Balaban J connectivity index is 2.84. The Hall–Kier alpha value is -1.11. The number of carbonyl (C=O) groups excluding carboxylic acids is 1. The predicted octanol–water partition coefficient (Wildman–Crippen LogP) is 4.11. The first-order valence-electron chi connectivity index (χ1n) is 6.67. The van der Waals surface area contributed by atoms with E-state index in [4.69, 9.17) is 0 Å². The zero-order valence-electron chi connectivity index (χ0n) is 11.5. The molecule has 0 spiro atoms. The van der Waals surface area contributed by atoms with Gasteiger partial charge in [-0.25, -0.2) is 0 Å². The summed E-state index contributed by atoms with van der Waals surface area (Å²) in [6.07, 6.45) is 4.14. The molecule has 1 atom stereocenters. The zero-order valence-corrected chi connectivity index (χ0v) is 11.5. The summed E-state index contributed by atoms with van der Waals surface area (Å²) in [5.74, 6) is 0.497. The fraction of sp³-hybridized carbons (Fsp3) is 0.562. The van der Waals surface area contributed by atoms with Crippen LogP contribution in [0.25, 0.3) is 0 Å². The molecule has 1 aromatic rings. The van der Waals surface area contributed by atoms with Gasteiger partial charge in [-0.2, -0.15) is 0 Å². The van der Waals surface area contributed by atoms with Gasteiger partial charge in [0.1, 0.15) is 5.78 Å². The molecule has 1 unspecified atom stereocenters. The Morgan fingerprint density at radius 1 is 1.29 bits per heavy atom. The lowest BCUT2D eigenvalue weighted by Gasteiger charge is -2.13. The third-order valence-electron chi connectivity index (χ3n) is 3.48. The summed E-state index contributed by atoms with van der Waals surface area (Å²) >= 11 is 0. The molecule has 0 aliphatic rings. The molecule has 0 fully saturated rings. The summed E-state index contributed by atoms with van der Waals surface area (Å²) in [7, 11) is 0. The van der Waals surface area contributed by atoms with Gasteiger partial charge < -0.3 is 0 Å². The first-order chi connectivity index (χ1) is 8.08. The molecule has 0 aromatic heterocycles. The summed E-state index contributed by atoms with van der Waals surface area (Å²) in [6.45, 7) is 8.16. The monoisotopic (exact) mass is 232 g/mol. The lowest BCUT2D eigenvalue weighted by molar-refractivity contribution is -0.120. The predicted molar refractivity (Wildman–Crippen MR) is 73.3 cm³/mol. The van der Waals surface area contributed by atoms with Crippen LogP contribution in [0.2, 0.25) is 0 Å². The first kappa shape index (κ1) is 14.0. The van der Waals surface area contributed by atoms with Crippen molar-refractivity contribution in [2.24, 2.45) is 5.92 Å². The van der Waals surface area contributed by atoms with Crippen LogP contribution in [-0.2, 0) is 17.6 Å². The van der Waals surface area contributed by atoms with E-state index in [2.05, 4.69) is 39.0 Å². The van der Waals surface area contributed by atoms with Gasteiger partial charge in [0.2, 0.25) is 0 Å². The number of rotatable bonds is 6. The highest BCUT2D eigenvalue weighted by atomic mass is 16.1.